The Hall–Kier alpha value is -1.59. The Bertz CT molecular complexity index is 790. The van der Waals surface area contributed by atoms with Crippen molar-refractivity contribution in [1.29, 1.82) is 0 Å². The minimum absolute atomic E-state index is 0.0681. The number of ether oxygens (including phenoxy) is 1. The maximum absolute atomic E-state index is 12.6. The number of unbranched alkanes of at least 4 members (excludes halogenated alkanes) is 1. The molecule has 0 radical (unpaired) electrons. The van der Waals surface area contributed by atoms with Gasteiger partial charge >= 0.3 is 5.97 Å². The first-order valence-electron chi connectivity index (χ1n) is 15.5. The van der Waals surface area contributed by atoms with Gasteiger partial charge in [-0.2, -0.15) is 0 Å². The number of benzene rings is 1. The molecule has 5 nitrogen and oxygen atoms in total. The number of nitrogens with zero attached hydrogens (tertiary/aromatic N) is 2. The van der Waals surface area contributed by atoms with Crippen LogP contribution in [0, 0.1) is 11.3 Å². The van der Waals surface area contributed by atoms with E-state index in [1.54, 1.807) is 6.92 Å². The Labute approximate surface area is 246 Å². The van der Waals surface area contributed by atoms with E-state index < -0.39 is 0 Å². The molecule has 226 valence electrons. The molecule has 2 heterocycles. The second-order valence-corrected chi connectivity index (χ2v) is 11.7. The van der Waals surface area contributed by atoms with E-state index in [0.29, 0.717) is 6.42 Å². The van der Waals surface area contributed by atoms with Crippen LogP contribution in [0.4, 0.5) is 5.69 Å². The molecule has 2 saturated heterocycles. The fourth-order valence-corrected chi connectivity index (χ4v) is 4.94. The van der Waals surface area contributed by atoms with Crippen LogP contribution in [0.15, 0.2) is 24.3 Å². The number of anilines is 1. The molecule has 2 unspecified atom stereocenters. The first-order valence-corrected chi connectivity index (χ1v) is 15.9. The van der Waals surface area contributed by atoms with Crippen LogP contribution in [0.2, 0.25) is 5.02 Å². The summed E-state index contributed by atoms with van der Waals surface area (Å²) in [6.45, 7) is 23.4. The number of carbonyl (C=O) groups is 2. The zero-order chi connectivity index (χ0) is 29.8. The van der Waals surface area contributed by atoms with Gasteiger partial charge in [0.25, 0.3) is 0 Å². The van der Waals surface area contributed by atoms with Crippen LogP contribution < -0.4 is 4.90 Å². The summed E-state index contributed by atoms with van der Waals surface area (Å²) in [6, 6.07) is 8.10. The molecular weight excluding hydrogens is 508 g/mol. The lowest BCUT2D eigenvalue weighted by molar-refractivity contribution is -0.149. The van der Waals surface area contributed by atoms with Crippen molar-refractivity contribution in [3.8, 4) is 0 Å². The molecule has 0 spiro atoms. The quantitative estimate of drug-likeness (QED) is 0.265. The van der Waals surface area contributed by atoms with Crippen LogP contribution in [0.3, 0.4) is 0 Å². The highest BCUT2D eigenvalue weighted by Crippen LogP contribution is 2.43. The summed E-state index contributed by atoms with van der Waals surface area (Å²) in [7, 11) is 0. The summed E-state index contributed by atoms with van der Waals surface area (Å²) in [5.41, 5.74) is 0.998. The van der Waals surface area contributed by atoms with Gasteiger partial charge in [-0.1, -0.05) is 92.3 Å². The van der Waals surface area contributed by atoms with Crippen molar-refractivity contribution in [3.05, 3.63) is 29.3 Å². The topological polar surface area (TPSA) is 49.9 Å². The molecule has 0 amide bonds. The SMILES string of the molecule is CC.CC(C)C.CCC(C)=O.CCCCC1(CCC)CC(CCN2CCN(c3cccc(Cl)c3)CC2)OC1=O. The molecule has 6 heteroatoms. The Morgan fingerprint density at radius 3 is 2.13 bits per heavy atom. The molecule has 2 atom stereocenters. The number of ketones is 1. The first kappa shape index (κ1) is 37.4. The second-order valence-electron chi connectivity index (χ2n) is 11.3. The number of halogens is 1. The van der Waals surface area contributed by atoms with Gasteiger partial charge in [0.1, 0.15) is 11.9 Å². The number of hydrogen-bond donors (Lipinski definition) is 0. The normalized spacial score (nSPS) is 20.6. The monoisotopic (exact) mass is 566 g/mol. The van der Waals surface area contributed by atoms with Gasteiger partial charge in [-0.25, -0.2) is 0 Å². The van der Waals surface area contributed by atoms with Gasteiger partial charge in [-0.05, 0) is 50.3 Å². The van der Waals surface area contributed by atoms with Crippen LogP contribution in [-0.4, -0.2) is 55.5 Å². The lowest BCUT2D eigenvalue weighted by Gasteiger charge is -2.36. The number of esters is 1. The minimum Gasteiger partial charge on any atom is -0.462 e. The summed E-state index contributed by atoms with van der Waals surface area (Å²) in [6.07, 6.45) is 7.92. The minimum atomic E-state index is -0.208. The Kier molecular flexibility index (Phi) is 20.3. The van der Waals surface area contributed by atoms with Crippen molar-refractivity contribution < 1.29 is 14.3 Å². The number of hydrogen-bond acceptors (Lipinski definition) is 5. The summed E-state index contributed by atoms with van der Waals surface area (Å²) in [5, 5.41) is 0.793. The van der Waals surface area contributed by atoms with Gasteiger partial charge in [-0.15, -0.1) is 0 Å². The Morgan fingerprint density at radius 1 is 1.05 bits per heavy atom. The highest BCUT2D eigenvalue weighted by atomic mass is 35.5. The van der Waals surface area contributed by atoms with Gasteiger partial charge in [0.15, 0.2) is 0 Å². The first-order chi connectivity index (χ1) is 18.6. The van der Waals surface area contributed by atoms with E-state index in [9.17, 15) is 9.59 Å². The van der Waals surface area contributed by atoms with E-state index in [1.807, 2.05) is 39.0 Å². The van der Waals surface area contributed by atoms with Crippen molar-refractivity contribution in [3.63, 3.8) is 0 Å². The van der Waals surface area contributed by atoms with Gasteiger partial charge in [0.2, 0.25) is 0 Å². The molecule has 1 aromatic carbocycles. The summed E-state index contributed by atoms with van der Waals surface area (Å²) < 4.78 is 5.83. The third-order valence-corrected chi connectivity index (χ3v) is 7.11. The van der Waals surface area contributed by atoms with Gasteiger partial charge in [0.05, 0.1) is 5.41 Å². The van der Waals surface area contributed by atoms with Crippen molar-refractivity contribution in [2.75, 3.05) is 37.6 Å². The van der Waals surface area contributed by atoms with Crippen LogP contribution in [0.25, 0.3) is 0 Å². The molecule has 2 aliphatic rings. The van der Waals surface area contributed by atoms with Gasteiger partial charge in [-0.3, -0.25) is 9.69 Å². The molecule has 1 aromatic rings. The molecule has 0 aliphatic carbocycles. The number of Topliss-reactive ketones (excluding diaryl/α,β-unsaturated/α-hetero) is 1. The average Bonchev–Trinajstić information content (AvgIpc) is 3.22. The van der Waals surface area contributed by atoms with Crippen LogP contribution in [0.5, 0.6) is 0 Å². The second kappa shape index (κ2) is 21.2. The van der Waals surface area contributed by atoms with E-state index in [-0.39, 0.29) is 23.3 Å². The maximum atomic E-state index is 12.6. The van der Waals surface area contributed by atoms with E-state index in [2.05, 4.69) is 50.5 Å². The van der Waals surface area contributed by atoms with Crippen molar-refractivity contribution >= 4 is 29.0 Å². The summed E-state index contributed by atoms with van der Waals surface area (Å²) >= 11 is 6.13. The molecule has 39 heavy (non-hydrogen) atoms. The molecule has 2 aliphatic heterocycles. The van der Waals surface area contributed by atoms with Crippen LogP contribution in [-0.2, 0) is 14.3 Å². The lowest BCUT2D eigenvalue weighted by atomic mass is 9.76. The van der Waals surface area contributed by atoms with Crippen LogP contribution >= 0.6 is 11.6 Å². The Morgan fingerprint density at radius 2 is 1.64 bits per heavy atom. The molecule has 2 fully saturated rings. The molecule has 0 saturated carbocycles. The molecule has 0 N–H and O–H groups in total. The van der Waals surface area contributed by atoms with Crippen LogP contribution in [0.1, 0.15) is 114 Å². The standard InChI is InChI=1S/C23H35ClN2O2.C4H8O.C4H10.C2H6/c1-3-5-11-23(10-4-2)18-21(28-22(23)27)9-12-25-13-15-26(16-14-25)20-8-6-7-19(24)17-20;1-3-4(2)5;1-4(2)3;1-2/h6-8,17,21H,3-5,9-16,18H2,1-2H3;3H2,1-2H3;4H,1-3H3;1-2H3. The molecule has 3 rings (SSSR count). The van der Waals surface area contributed by atoms with Crippen molar-refractivity contribution in [2.24, 2.45) is 11.3 Å². The maximum Gasteiger partial charge on any atom is 0.312 e. The predicted octanol–water partition coefficient (Wildman–Crippen LogP) is 8.82. The fourth-order valence-electron chi connectivity index (χ4n) is 4.75. The smallest absolute Gasteiger partial charge is 0.312 e. The number of carbonyl (C=O) groups excluding carboxylic acids is 2. The molecule has 0 aromatic heterocycles. The highest BCUT2D eigenvalue weighted by molar-refractivity contribution is 6.30. The third-order valence-electron chi connectivity index (χ3n) is 6.87. The van der Waals surface area contributed by atoms with Crippen molar-refractivity contribution in [2.45, 2.75) is 120 Å². The molecular formula is C33H59ClN2O3. The summed E-state index contributed by atoms with van der Waals surface area (Å²) in [4.78, 5) is 27.3. The van der Waals surface area contributed by atoms with Gasteiger partial charge < -0.3 is 14.4 Å². The number of cyclic esters (lactones) is 1. The predicted molar refractivity (Wildman–Crippen MR) is 169 cm³/mol. The zero-order valence-electron chi connectivity index (χ0n) is 26.7. The fraction of sp³-hybridized carbons (Fsp3) is 0.758. The average molecular weight is 567 g/mol. The number of rotatable bonds is 10. The molecule has 0 bridgehead atoms. The lowest BCUT2D eigenvalue weighted by Crippen LogP contribution is -2.47. The van der Waals surface area contributed by atoms with Crippen molar-refractivity contribution in [1.82, 2.24) is 4.90 Å². The zero-order valence-corrected chi connectivity index (χ0v) is 27.4. The van der Waals surface area contributed by atoms with E-state index in [4.69, 9.17) is 16.3 Å². The third kappa shape index (κ3) is 15.1. The number of piperazine rings is 1. The van der Waals surface area contributed by atoms with E-state index >= 15 is 0 Å². The highest BCUT2D eigenvalue weighted by Gasteiger charge is 2.47. The summed E-state index contributed by atoms with van der Waals surface area (Å²) in [5.74, 6) is 1.16. The van der Waals surface area contributed by atoms with E-state index in [1.165, 1.54) is 5.69 Å². The Balaban J connectivity index is 0.00000112. The van der Waals surface area contributed by atoms with E-state index in [0.717, 1.165) is 88.6 Å². The van der Waals surface area contributed by atoms with Gasteiger partial charge in [0, 0.05) is 56.3 Å². The largest absolute Gasteiger partial charge is 0.462 e.